The predicted molar refractivity (Wildman–Crippen MR) is 87.8 cm³/mol. The first-order chi connectivity index (χ1) is 9.63. The van der Waals surface area contributed by atoms with Crippen LogP contribution in [0.5, 0.6) is 0 Å². The first-order valence-corrected chi connectivity index (χ1v) is 7.83. The minimum atomic E-state index is 0.763. The van der Waals surface area contributed by atoms with Gasteiger partial charge in [-0.1, -0.05) is 29.8 Å². The maximum absolute atomic E-state index is 6.15. The van der Waals surface area contributed by atoms with Gasteiger partial charge in [0.25, 0.3) is 0 Å². The van der Waals surface area contributed by atoms with Crippen molar-refractivity contribution in [2.75, 3.05) is 12.3 Å². The molecule has 0 bridgehead atoms. The lowest BCUT2D eigenvalue weighted by molar-refractivity contribution is 0.246. The van der Waals surface area contributed by atoms with E-state index >= 15 is 0 Å². The van der Waals surface area contributed by atoms with Gasteiger partial charge in [0.1, 0.15) is 0 Å². The molecular weight excluding hydrogens is 336 g/mol. The van der Waals surface area contributed by atoms with E-state index in [0.717, 1.165) is 41.2 Å². The fourth-order valence-corrected chi connectivity index (χ4v) is 3.14. The largest absolute Gasteiger partial charge is 0.398 e. The SMILES string of the molecule is Nc1cccc2c1CN(Cc1ccc(Br)c(Cl)c1)CC2. The van der Waals surface area contributed by atoms with Crippen LogP contribution in [-0.2, 0) is 19.5 Å². The van der Waals surface area contributed by atoms with Crippen LogP contribution in [0.3, 0.4) is 0 Å². The average Bonchev–Trinajstić information content (AvgIpc) is 2.44. The quantitative estimate of drug-likeness (QED) is 0.820. The molecule has 1 aliphatic rings. The smallest absolute Gasteiger partial charge is 0.0551 e. The fraction of sp³-hybridized carbons (Fsp3) is 0.250. The molecule has 0 aliphatic carbocycles. The zero-order valence-electron chi connectivity index (χ0n) is 11.1. The molecule has 0 amide bonds. The number of fused-ring (bicyclic) bond motifs is 1. The molecule has 0 radical (unpaired) electrons. The van der Waals surface area contributed by atoms with Crippen molar-refractivity contribution in [2.45, 2.75) is 19.5 Å². The van der Waals surface area contributed by atoms with Crippen molar-refractivity contribution in [3.05, 3.63) is 62.6 Å². The Morgan fingerprint density at radius 1 is 1.25 bits per heavy atom. The number of hydrogen-bond acceptors (Lipinski definition) is 2. The highest BCUT2D eigenvalue weighted by atomic mass is 79.9. The Labute approximate surface area is 132 Å². The Morgan fingerprint density at radius 3 is 2.90 bits per heavy atom. The van der Waals surface area contributed by atoms with Gasteiger partial charge in [0.15, 0.2) is 0 Å². The summed E-state index contributed by atoms with van der Waals surface area (Å²) in [5, 5.41) is 0.763. The van der Waals surface area contributed by atoms with Gasteiger partial charge >= 0.3 is 0 Å². The molecule has 2 N–H and O–H groups in total. The molecule has 0 spiro atoms. The van der Waals surface area contributed by atoms with Gasteiger partial charge in [0.2, 0.25) is 0 Å². The van der Waals surface area contributed by atoms with Crippen LogP contribution in [0.25, 0.3) is 0 Å². The Bertz CT molecular complexity index is 642. The number of halogens is 2. The van der Waals surface area contributed by atoms with Crippen LogP contribution in [0.15, 0.2) is 40.9 Å². The molecule has 0 atom stereocenters. The van der Waals surface area contributed by atoms with Gasteiger partial charge in [-0.05, 0) is 57.2 Å². The summed E-state index contributed by atoms with van der Waals surface area (Å²) in [4.78, 5) is 2.41. The normalized spacial score (nSPS) is 15.1. The summed E-state index contributed by atoms with van der Waals surface area (Å²) in [5.74, 6) is 0. The van der Waals surface area contributed by atoms with Crippen molar-refractivity contribution >= 4 is 33.2 Å². The van der Waals surface area contributed by atoms with E-state index in [1.165, 1.54) is 16.7 Å². The van der Waals surface area contributed by atoms with Crippen LogP contribution >= 0.6 is 27.5 Å². The predicted octanol–water partition coefficient (Wildman–Crippen LogP) is 4.24. The minimum absolute atomic E-state index is 0.763. The van der Waals surface area contributed by atoms with Crippen molar-refractivity contribution in [1.29, 1.82) is 0 Å². The van der Waals surface area contributed by atoms with E-state index < -0.39 is 0 Å². The standard InChI is InChI=1S/C16H16BrClN2/c17-14-5-4-11(8-15(14)18)9-20-7-6-12-2-1-3-16(19)13(12)10-20/h1-5,8H,6-7,9-10,19H2. The summed E-state index contributed by atoms with van der Waals surface area (Å²) in [5.41, 5.74) is 10.9. The van der Waals surface area contributed by atoms with Gasteiger partial charge in [-0.3, -0.25) is 4.90 Å². The highest BCUT2D eigenvalue weighted by molar-refractivity contribution is 9.10. The summed E-state index contributed by atoms with van der Waals surface area (Å²) in [6, 6.07) is 12.3. The molecule has 3 rings (SSSR count). The van der Waals surface area contributed by atoms with Crippen molar-refractivity contribution in [3.63, 3.8) is 0 Å². The molecule has 2 aromatic rings. The van der Waals surface area contributed by atoms with Gasteiger partial charge < -0.3 is 5.73 Å². The first-order valence-electron chi connectivity index (χ1n) is 6.66. The number of rotatable bonds is 2. The Morgan fingerprint density at radius 2 is 2.10 bits per heavy atom. The second kappa shape index (κ2) is 5.76. The number of nitrogen functional groups attached to an aromatic ring is 1. The molecule has 0 aromatic heterocycles. The van der Waals surface area contributed by atoms with Crippen molar-refractivity contribution in [1.82, 2.24) is 4.90 Å². The lowest BCUT2D eigenvalue weighted by Gasteiger charge is -2.29. The molecule has 0 saturated heterocycles. The van der Waals surface area contributed by atoms with Crippen LogP contribution in [0.1, 0.15) is 16.7 Å². The van der Waals surface area contributed by atoms with Gasteiger partial charge in [0, 0.05) is 29.8 Å². The van der Waals surface area contributed by atoms with Crippen molar-refractivity contribution in [2.24, 2.45) is 0 Å². The van der Waals surface area contributed by atoms with Crippen LogP contribution in [0.2, 0.25) is 5.02 Å². The number of nitrogens with zero attached hydrogens (tertiary/aromatic N) is 1. The number of nitrogens with two attached hydrogens (primary N) is 1. The topological polar surface area (TPSA) is 29.3 Å². The molecule has 1 aliphatic heterocycles. The summed E-state index contributed by atoms with van der Waals surface area (Å²) in [7, 11) is 0. The highest BCUT2D eigenvalue weighted by Crippen LogP contribution is 2.27. The van der Waals surface area contributed by atoms with Crippen molar-refractivity contribution in [3.8, 4) is 0 Å². The third-order valence-electron chi connectivity index (χ3n) is 3.78. The van der Waals surface area contributed by atoms with E-state index in [-0.39, 0.29) is 0 Å². The monoisotopic (exact) mass is 350 g/mol. The van der Waals surface area contributed by atoms with Gasteiger partial charge in [-0.25, -0.2) is 0 Å². The molecular formula is C16H16BrClN2. The van der Waals surface area contributed by atoms with Crippen LogP contribution in [-0.4, -0.2) is 11.4 Å². The molecule has 2 aromatic carbocycles. The van der Waals surface area contributed by atoms with Gasteiger partial charge in [-0.15, -0.1) is 0 Å². The summed E-state index contributed by atoms with van der Waals surface area (Å²) in [6.45, 7) is 2.88. The Balaban J connectivity index is 1.77. The minimum Gasteiger partial charge on any atom is -0.398 e. The summed E-state index contributed by atoms with van der Waals surface area (Å²) >= 11 is 9.58. The zero-order chi connectivity index (χ0) is 14.1. The summed E-state index contributed by atoms with van der Waals surface area (Å²) in [6.07, 6.45) is 1.06. The van der Waals surface area contributed by atoms with E-state index in [1.54, 1.807) is 0 Å². The Kier molecular flexibility index (Phi) is 4.01. The molecule has 4 heteroatoms. The summed E-state index contributed by atoms with van der Waals surface area (Å²) < 4.78 is 0.941. The van der Waals surface area contributed by atoms with E-state index in [0.29, 0.717) is 0 Å². The molecule has 20 heavy (non-hydrogen) atoms. The first kappa shape index (κ1) is 13.9. The van der Waals surface area contributed by atoms with E-state index in [1.807, 2.05) is 24.3 Å². The molecule has 104 valence electrons. The lowest BCUT2D eigenvalue weighted by atomic mass is 9.98. The molecule has 0 saturated carbocycles. The molecule has 0 unspecified atom stereocenters. The number of benzene rings is 2. The number of hydrogen-bond donors (Lipinski definition) is 1. The lowest BCUT2D eigenvalue weighted by Crippen LogP contribution is -2.30. The van der Waals surface area contributed by atoms with Crippen molar-refractivity contribution < 1.29 is 0 Å². The van der Waals surface area contributed by atoms with Crippen LogP contribution in [0.4, 0.5) is 5.69 Å². The molecule has 2 nitrogen and oxygen atoms in total. The Hall–Kier alpha value is -1.03. The third kappa shape index (κ3) is 2.85. The maximum atomic E-state index is 6.15. The van der Waals surface area contributed by atoms with E-state index in [9.17, 15) is 0 Å². The average molecular weight is 352 g/mol. The maximum Gasteiger partial charge on any atom is 0.0551 e. The second-order valence-electron chi connectivity index (χ2n) is 5.19. The van der Waals surface area contributed by atoms with Gasteiger partial charge in [-0.2, -0.15) is 0 Å². The number of anilines is 1. The van der Waals surface area contributed by atoms with E-state index in [4.69, 9.17) is 17.3 Å². The fourth-order valence-electron chi connectivity index (χ4n) is 2.69. The third-order valence-corrected chi connectivity index (χ3v) is 5.01. The van der Waals surface area contributed by atoms with Crippen LogP contribution in [0, 0.1) is 0 Å². The molecule has 1 heterocycles. The van der Waals surface area contributed by atoms with Gasteiger partial charge in [0.05, 0.1) is 5.02 Å². The van der Waals surface area contributed by atoms with Crippen LogP contribution < -0.4 is 5.73 Å². The zero-order valence-corrected chi connectivity index (χ0v) is 13.4. The van der Waals surface area contributed by atoms with E-state index in [2.05, 4.69) is 33.0 Å². The highest BCUT2D eigenvalue weighted by Gasteiger charge is 2.18. The second-order valence-corrected chi connectivity index (χ2v) is 6.46. The molecule has 0 fully saturated rings.